The molecule has 2 atom stereocenters. The average molecular weight is 459 g/mol. The zero-order valence-corrected chi connectivity index (χ0v) is 19.2. The fraction of sp³-hybridized carbons (Fsp3) is 0.400. The highest BCUT2D eigenvalue weighted by atomic mass is 19.2. The lowest BCUT2D eigenvalue weighted by molar-refractivity contribution is -0.137. The fourth-order valence-corrected chi connectivity index (χ4v) is 3.97. The molecule has 176 valence electrons. The lowest BCUT2D eigenvalue weighted by Crippen LogP contribution is -2.37. The number of benzene rings is 1. The summed E-state index contributed by atoms with van der Waals surface area (Å²) < 4.78 is 39.4. The largest absolute Gasteiger partial charge is 0.463 e. The van der Waals surface area contributed by atoms with Gasteiger partial charge in [0.15, 0.2) is 11.6 Å². The first kappa shape index (κ1) is 24.4. The topological polar surface area (TPSA) is 77.5 Å². The number of hydrogen-bond acceptors (Lipinski definition) is 5. The molecule has 3 rings (SSSR count). The molecule has 0 saturated carbocycles. The van der Waals surface area contributed by atoms with Crippen LogP contribution in [-0.2, 0) is 14.3 Å². The van der Waals surface area contributed by atoms with Crippen molar-refractivity contribution in [1.82, 2.24) is 10.3 Å². The molecular formula is C25H28F2N2O4. The van der Waals surface area contributed by atoms with Gasteiger partial charge in [-0.25, -0.2) is 18.4 Å². The van der Waals surface area contributed by atoms with E-state index in [2.05, 4.69) is 10.3 Å². The number of nitrogens with one attached hydrogen (secondary N) is 1. The molecule has 1 aliphatic carbocycles. The van der Waals surface area contributed by atoms with Gasteiger partial charge in [0.05, 0.1) is 18.3 Å². The molecule has 0 bridgehead atoms. The maximum absolute atomic E-state index is 14.9. The Morgan fingerprint density at radius 3 is 2.61 bits per heavy atom. The van der Waals surface area contributed by atoms with Gasteiger partial charge in [0, 0.05) is 23.8 Å². The van der Waals surface area contributed by atoms with Crippen molar-refractivity contribution in [3.05, 3.63) is 71.1 Å². The van der Waals surface area contributed by atoms with Crippen LogP contribution in [0.4, 0.5) is 13.6 Å². The van der Waals surface area contributed by atoms with Crippen LogP contribution < -0.4 is 5.32 Å². The molecule has 0 aliphatic heterocycles. The van der Waals surface area contributed by atoms with E-state index in [1.54, 1.807) is 46.0 Å². The smallest absolute Gasteiger partial charge is 0.408 e. The van der Waals surface area contributed by atoms with Crippen LogP contribution in [-0.4, -0.2) is 29.3 Å². The normalized spacial score (nSPS) is 19.4. The van der Waals surface area contributed by atoms with Gasteiger partial charge in [-0.1, -0.05) is 18.2 Å². The van der Waals surface area contributed by atoms with Crippen molar-refractivity contribution in [3.8, 4) is 0 Å². The Morgan fingerprint density at radius 1 is 1.18 bits per heavy atom. The van der Waals surface area contributed by atoms with E-state index in [0.29, 0.717) is 29.7 Å². The van der Waals surface area contributed by atoms with E-state index in [4.69, 9.17) is 9.47 Å². The van der Waals surface area contributed by atoms with Crippen LogP contribution >= 0.6 is 0 Å². The summed E-state index contributed by atoms with van der Waals surface area (Å²) in [6.45, 7) is 7.13. The number of alkyl carbamates (subject to hydrolysis) is 1. The van der Waals surface area contributed by atoms with Gasteiger partial charge < -0.3 is 14.8 Å². The summed E-state index contributed by atoms with van der Waals surface area (Å²) in [5.41, 5.74) is 1.04. The summed E-state index contributed by atoms with van der Waals surface area (Å²) in [5.74, 6) is -3.09. The predicted molar refractivity (Wildman–Crippen MR) is 119 cm³/mol. The summed E-state index contributed by atoms with van der Waals surface area (Å²) in [4.78, 5) is 29.3. The van der Waals surface area contributed by atoms with E-state index >= 15 is 0 Å². The van der Waals surface area contributed by atoms with E-state index in [-0.39, 0.29) is 12.2 Å². The first-order valence-electron chi connectivity index (χ1n) is 10.9. The molecule has 1 amide bonds. The Balaban J connectivity index is 2.13. The van der Waals surface area contributed by atoms with Gasteiger partial charge in [0.25, 0.3) is 0 Å². The highest BCUT2D eigenvalue weighted by Gasteiger charge is 2.35. The summed E-state index contributed by atoms with van der Waals surface area (Å²) in [5, 5.41) is 2.83. The SMILES string of the molecule is CCOC(=O)/C=C1\CC[C@@H](c2cccc(F)c2F)[C@H](NC(=O)OC(C)(C)C)c2cccnc21. The van der Waals surface area contributed by atoms with Gasteiger partial charge >= 0.3 is 12.1 Å². The molecule has 1 N–H and O–H groups in total. The second-order valence-corrected chi connectivity index (χ2v) is 8.77. The third-order valence-electron chi connectivity index (χ3n) is 5.24. The number of hydrogen-bond donors (Lipinski definition) is 1. The lowest BCUT2D eigenvalue weighted by atomic mass is 9.85. The number of nitrogens with zero attached hydrogens (tertiary/aromatic N) is 1. The molecule has 0 saturated heterocycles. The van der Waals surface area contributed by atoms with Crippen LogP contribution in [0.25, 0.3) is 5.57 Å². The zero-order valence-electron chi connectivity index (χ0n) is 19.2. The molecule has 0 unspecified atom stereocenters. The summed E-state index contributed by atoms with van der Waals surface area (Å²) in [6.07, 6.45) is 2.91. The van der Waals surface area contributed by atoms with E-state index in [1.807, 2.05) is 0 Å². The Hall–Kier alpha value is -3.29. The van der Waals surface area contributed by atoms with Gasteiger partial charge in [-0.15, -0.1) is 0 Å². The molecule has 1 heterocycles. The van der Waals surface area contributed by atoms with E-state index in [1.165, 1.54) is 18.2 Å². The Bertz CT molecular complexity index is 1060. The molecule has 2 aromatic rings. The third kappa shape index (κ3) is 5.94. The number of pyridine rings is 1. The second-order valence-electron chi connectivity index (χ2n) is 8.77. The molecule has 8 heteroatoms. The van der Waals surface area contributed by atoms with Crippen molar-refractivity contribution in [2.45, 2.75) is 58.1 Å². The minimum Gasteiger partial charge on any atom is -0.463 e. The van der Waals surface area contributed by atoms with Crippen molar-refractivity contribution >= 4 is 17.6 Å². The average Bonchev–Trinajstić information content (AvgIpc) is 2.87. The van der Waals surface area contributed by atoms with Gasteiger partial charge in [-0.2, -0.15) is 0 Å². The number of ether oxygens (including phenoxy) is 2. The Morgan fingerprint density at radius 2 is 1.91 bits per heavy atom. The van der Waals surface area contributed by atoms with Gasteiger partial charge in [-0.05, 0) is 63.8 Å². The minimum atomic E-state index is -0.971. The standard InChI is InChI=1S/C25H28F2N2O4/c1-5-32-20(30)14-15-11-12-17(16-8-6-10-19(26)21(16)27)23(18-9-7-13-28-22(15)18)29-24(31)33-25(2,3)4/h6-10,13-14,17,23H,5,11-12H2,1-4H3,(H,29,31)/b15-14+/t17-,23-/m0/s1. The first-order valence-corrected chi connectivity index (χ1v) is 10.9. The minimum absolute atomic E-state index is 0.128. The molecule has 0 radical (unpaired) electrons. The van der Waals surface area contributed by atoms with Gasteiger partial charge in [0.2, 0.25) is 0 Å². The van der Waals surface area contributed by atoms with Crippen LogP contribution in [0.5, 0.6) is 0 Å². The molecule has 1 aliphatic rings. The van der Waals surface area contributed by atoms with Crippen molar-refractivity contribution in [2.75, 3.05) is 6.61 Å². The molecular weight excluding hydrogens is 430 g/mol. The van der Waals surface area contributed by atoms with Gasteiger partial charge in [-0.3, -0.25) is 4.98 Å². The monoisotopic (exact) mass is 458 g/mol. The van der Waals surface area contributed by atoms with Crippen molar-refractivity contribution in [1.29, 1.82) is 0 Å². The quantitative estimate of drug-likeness (QED) is 0.375. The van der Waals surface area contributed by atoms with Crippen LogP contribution in [0.3, 0.4) is 0 Å². The van der Waals surface area contributed by atoms with Crippen LogP contribution in [0.1, 0.15) is 69.3 Å². The van der Waals surface area contributed by atoms with Crippen molar-refractivity contribution in [3.63, 3.8) is 0 Å². The number of halogens is 2. The molecule has 1 aromatic carbocycles. The number of amides is 1. The van der Waals surface area contributed by atoms with Crippen molar-refractivity contribution < 1.29 is 27.8 Å². The lowest BCUT2D eigenvalue weighted by Gasteiger charge is -2.29. The highest BCUT2D eigenvalue weighted by Crippen LogP contribution is 2.43. The summed E-state index contributed by atoms with van der Waals surface area (Å²) >= 11 is 0. The van der Waals surface area contributed by atoms with Crippen LogP contribution in [0.15, 0.2) is 42.6 Å². The number of allylic oxidation sites excluding steroid dienone is 1. The number of aromatic nitrogens is 1. The molecule has 0 fully saturated rings. The third-order valence-corrected chi connectivity index (χ3v) is 5.24. The van der Waals surface area contributed by atoms with E-state index in [0.717, 1.165) is 6.07 Å². The molecule has 6 nitrogen and oxygen atoms in total. The zero-order chi connectivity index (χ0) is 24.2. The number of esters is 1. The van der Waals surface area contributed by atoms with Crippen LogP contribution in [0, 0.1) is 11.6 Å². The maximum atomic E-state index is 14.9. The molecule has 1 aromatic heterocycles. The Labute approximate surface area is 192 Å². The van der Waals surface area contributed by atoms with E-state index < -0.39 is 41.3 Å². The summed E-state index contributed by atoms with van der Waals surface area (Å²) in [6, 6.07) is 6.65. The number of fused-ring (bicyclic) bond motifs is 1. The van der Waals surface area contributed by atoms with E-state index in [9.17, 15) is 18.4 Å². The molecule has 33 heavy (non-hydrogen) atoms. The fourth-order valence-electron chi connectivity index (χ4n) is 3.97. The molecule has 0 spiro atoms. The number of carbonyl (C=O) groups excluding carboxylic acids is 2. The maximum Gasteiger partial charge on any atom is 0.408 e. The van der Waals surface area contributed by atoms with Crippen LogP contribution in [0.2, 0.25) is 0 Å². The number of rotatable bonds is 4. The Kier molecular flexibility index (Phi) is 7.46. The summed E-state index contributed by atoms with van der Waals surface area (Å²) in [7, 11) is 0. The first-order chi connectivity index (χ1) is 15.6. The second kappa shape index (κ2) is 10.1. The number of carbonyl (C=O) groups is 2. The predicted octanol–water partition coefficient (Wildman–Crippen LogP) is 5.45. The highest BCUT2D eigenvalue weighted by molar-refractivity contribution is 5.91. The van der Waals surface area contributed by atoms with Gasteiger partial charge in [0.1, 0.15) is 5.60 Å². The van der Waals surface area contributed by atoms with Crippen molar-refractivity contribution in [2.24, 2.45) is 0 Å².